The number of nitrogens with two attached hydrogens (primary N) is 1. The summed E-state index contributed by atoms with van der Waals surface area (Å²) < 4.78 is 5.46. The van der Waals surface area contributed by atoms with E-state index >= 15 is 0 Å². The van der Waals surface area contributed by atoms with Gasteiger partial charge in [0.2, 0.25) is 0 Å². The lowest BCUT2D eigenvalue weighted by Crippen LogP contribution is -2.19. The van der Waals surface area contributed by atoms with Crippen LogP contribution in [-0.2, 0) is 12.8 Å². The first-order valence-corrected chi connectivity index (χ1v) is 6.29. The van der Waals surface area contributed by atoms with E-state index in [4.69, 9.17) is 22.1 Å². The van der Waals surface area contributed by atoms with Crippen LogP contribution in [0.4, 0.5) is 0 Å². The van der Waals surface area contributed by atoms with Crippen LogP contribution < -0.4 is 10.5 Å². The first-order valence-electron chi connectivity index (χ1n) is 5.92. The molecule has 0 radical (unpaired) electrons. The van der Waals surface area contributed by atoms with Crippen molar-refractivity contribution in [2.75, 3.05) is 6.61 Å². The van der Waals surface area contributed by atoms with Crippen LogP contribution in [0, 0.1) is 0 Å². The number of hydrogen-bond donors (Lipinski definition) is 1. The summed E-state index contributed by atoms with van der Waals surface area (Å²) in [6.07, 6.45) is 4.06. The molecular weight excluding hydrogens is 238 g/mol. The van der Waals surface area contributed by atoms with Gasteiger partial charge in [0.1, 0.15) is 0 Å². The molecule has 92 valence electrons. The van der Waals surface area contributed by atoms with Crippen molar-refractivity contribution in [3.63, 3.8) is 0 Å². The SMILES string of the molecule is CCOc1c(Cl)cc2c(c1C(N)=O)CCCC2. The van der Waals surface area contributed by atoms with E-state index in [9.17, 15) is 4.79 Å². The van der Waals surface area contributed by atoms with E-state index in [1.54, 1.807) is 0 Å². The van der Waals surface area contributed by atoms with Crippen molar-refractivity contribution in [3.05, 3.63) is 27.8 Å². The summed E-state index contributed by atoms with van der Waals surface area (Å²) in [5.41, 5.74) is 8.10. The molecule has 0 saturated carbocycles. The Labute approximate surface area is 106 Å². The molecule has 1 amide bonds. The lowest BCUT2D eigenvalue weighted by molar-refractivity contribution is 0.0995. The minimum Gasteiger partial charge on any atom is -0.491 e. The molecule has 0 atom stereocenters. The third-order valence-corrected chi connectivity index (χ3v) is 3.37. The molecule has 1 aliphatic rings. The standard InChI is InChI=1S/C13H16ClNO2/c1-2-17-12-10(14)7-8-5-3-4-6-9(8)11(12)13(15)16/h7H,2-6H2,1H3,(H2,15,16). The Hall–Kier alpha value is -1.22. The molecule has 1 aromatic rings. The highest BCUT2D eigenvalue weighted by Crippen LogP contribution is 2.37. The Morgan fingerprint density at radius 3 is 2.82 bits per heavy atom. The van der Waals surface area contributed by atoms with Gasteiger partial charge in [-0.15, -0.1) is 0 Å². The van der Waals surface area contributed by atoms with Crippen LogP contribution in [-0.4, -0.2) is 12.5 Å². The van der Waals surface area contributed by atoms with E-state index in [1.165, 1.54) is 0 Å². The average molecular weight is 254 g/mol. The van der Waals surface area contributed by atoms with Gasteiger partial charge in [-0.25, -0.2) is 0 Å². The molecule has 2 N–H and O–H groups in total. The molecule has 0 unspecified atom stereocenters. The first-order chi connectivity index (χ1) is 8.15. The summed E-state index contributed by atoms with van der Waals surface area (Å²) in [4.78, 5) is 11.6. The summed E-state index contributed by atoms with van der Waals surface area (Å²) in [6, 6.07) is 1.91. The van der Waals surface area contributed by atoms with Crippen LogP contribution in [0.1, 0.15) is 41.3 Å². The van der Waals surface area contributed by atoms with Gasteiger partial charge in [-0.1, -0.05) is 11.6 Å². The number of carbonyl (C=O) groups excluding carboxylic acids is 1. The highest BCUT2D eigenvalue weighted by Gasteiger charge is 2.23. The predicted octanol–water partition coefficient (Wildman–Crippen LogP) is 2.72. The number of ether oxygens (including phenoxy) is 1. The highest BCUT2D eigenvalue weighted by molar-refractivity contribution is 6.32. The molecule has 2 rings (SSSR count). The Balaban J connectivity index is 2.62. The van der Waals surface area contributed by atoms with Crippen molar-refractivity contribution >= 4 is 17.5 Å². The van der Waals surface area contributed by atoms with Gasteiger partial charge in [-0.2, -0.15) is 0 Å². The molecule has 4 heteroatoms. The van der Waals surface area contributed by atoms with Crippen molar-refractivity contribution in [2.24, 2.45) is 5.73 Å². The molecule has 0 bridgehead atoms. The van der Waals surface area contributed by atoms with Gasteiger partial charge in [0.05, 0.1) is 17.2 Å². The summed E-state index contributed by atoms with van der Waals surface area (Å²) in [6.45, 7) is 2.33. The fourth-order valence-corrected chi connectivity index (χ4v) is 2.68. The second kappa shape index (κ2) is 4.96. The fourth-order valence-electron chi connectivity index (χ4n) is 2.39. The molecule has 0 aromatic heterocycles. The maximum atomic E-state index is 11.6. The van der Waals surface area contributed by atoms with Crippen LogP contribution in [0.2, 0.25) is 5.02 Å². The molecule has 17 heavy (non-hydrogen) atoms. The van der Waals surface area contributed by atoms with Crippen molar-refractivity contribution in [1.82, 2.24) is 0 Å². The van der Waals surface area contributed by atoms with Crippen LogP contribution >= 0.6 is 11.6 Å². The van der Waals surface area contributed by atoms with Crippen molar-refractivity contribution < 1.29 is 9.53 Å². The Morgan fingerprint density at radius 1 is 1.47 bits per heavy atom. The molecule has 0 fully saturated rings. The third-order valence-electron chi connectivity index (χ3n) is 3.09. The minimum absolute atomic E-state index is 0.447. The molecule has 0 spiro atoms. The normalized spacial score (nSPS) is 14.2. The van der Waals surface area contributed by atoms with E-state index < -0.39 is 5.91 Å². The average Bonchev–Trinajstić information content (AvgIpc) is 2.29. The van der Waals surface area contributed by atoms with E-state index in [-0.39, 0.29) is 0 Å². The Bertz CT molecular complexity index is 457. The van der Waals surface area contributed by atoms with E-state index in [1.807, 2.05) is 13.0 Å². The first kappa shape index (κ1) is 12.2. The van der Waals surface area contributed by atoms with E-state index in [0.29, 0.717) is 22.9 Å². The number of amides is 1. The van der Waals surface area contributed by atoms with Gasteiger partial charge >= 0.3 is 0 Å². The molecule has 1 aliphatic carbocycles. The van der Waals surface area contributed by atoms with Crippen LogP contribution in [0.5, 0.6) is 5.75 Å². The number of benzene rings is 1. The molecule has 0 aliphatic heterocycles. The summed E-state index contributed by atoms with van der Waals surface area (Å²) in [7, 11) is 0. The number of halogens is 1. The number of carbonyl (C=O) groups is 1. The lowest BCUT2D eigenvalue weighted by atomic mass is 9.87. The maximum Gasteiger partial charge on any atom is 0.252 e. The minimum atomic E-state index is -0.450. The topological polar surface area (TPSA) is 52.3 Å². The third kappa shape index (κ3) is 2.25. The van der Waals surface area contributed by atoms with Gasteiger partial charge in [0.25, 0.3) is 5.91 Å². The lowest BCUT2D eigenvalue weighted by Gasteiger charge is -2.21. The predicted molar refractivity (Wildman–Crippen MR) is 67.8 cm³/mol. The van der Waals surface area contributed by atoms with Gasteiger partial charge in [0, 0.05) is 0 Å². The largest absolute Gasteiger partial charge is 0.491 e. The number of hydrogen-bond acceptors (Lipinski definition) is 2. The number of aryl methyl sites for hydroxylation is 1. The molecule has 3 nitrogen and oxygen atoms in total. The molecule has 1 aromatic carbocycles. The van der Waals surface area contributed by atoms with E-state index in [0.717, 1.165) is 36.8 Å². The smallest absolute Gasteiger partial charge is 0.252 e. The summed E-state index contributed by atoms with van der Waals surface area (Å²) in [5, 5.41) is 0.487. The maximum absolute atomic E-state index is 11.6. The second-order valence-electron chi connectivity index (χ2n) is 4.20. The zero-order valence-electron chi connectivity index (χ0n) is 9.88. The fraction of sp³-hybridized carbons (Fsp3) is 0.462. The van der Waals surface area contributed by atoms with Gasteiger partial charge in [-0.05, 0) is 49.8 Å². The summed E-state index contributed by atoms with van der Waals surface area (Å²) >= 11 is 6.16. The zero-order chi connectivity index (χ0) is 12.4. The van der Waals surface area contributed by atoms with Crippen LogP contribution in [0.25, 0.3) is 0 Å². The zero-order valence-corrected chi connectivity index (χ0v) is 10.6. The van der Waals surface area contributed by atoms with E-state index in [2.05, 4.69) is 0 Å². The Kier molecular flexibility index (Phi) is 3.57. The van der Waals surface area contributed by atoms with Crippen LogP contribution in [0.3, 0.4) is 0 Å². The molecule has 0 heterocycles. The quantitative estimate of drug-likeness (QED) is 0.901. The number of primary amides is 1. The van der Waals surface area contributed by atoms with Gasteiger partial charge in [0.15, 0.2) is 5.75 Å². The van der Waals surface area contributed by atoms with Gasteiger partial charge in [-0.3, -0.25) is 4.79 Å². The monoisotopic (exact) mass is 253 g/mol. The Morgan fingerprint density at radius 2 is 2.18 bits per heavy atom. The van der Waals surface area contributed by atoms with Crippen molar-refractivity contribution in [2.45, 2.75) is 32.6 Å². The number of rotatable bonds is 3. The summed E-state index contributed by atoms with van der Waals surface area (Å²) in [5.74, 6) is -0.00332. The van der Waals surface area contributed by atoms with Crippen molar-refractivity contribution in [3.8, 4) is 5.75 Å². The molecule has 0 saturated heterocycles. The van der Waals surface area contributed by atoms with Crippen molar-refractivity contribution in [1.29, 1.82) is 0 Å². The van der Waals surface area contributed by atoms with Crippen LogP contribution in [0.15, 0.2) is 6.07 Å². The number of fused-ring (bicyclic) bond motifs is 1. The second-order valence-corrected chi connectivity index (χ2v) is 4.61. The van der Waals surface area contributed by atoms with Gasteiger partial charge < -0.3 is 10.5 Å². The highest BCUT2D eigenvalue weighted by atomic mass is 35.5. The molecular formula is C13H16ClNO2.